The van der Waals surface area contributed by atoms with Gasteiger partial charge in [-0.05, 0) is 44.4 Å². The first-order chi connectivity index (χ1) is 13.9. The number of β-amino-alcohol motifs (C(OH)–C–C–N with tert-alkyl or cyclic N) is 1. The molecule has 1 saturated heterocycles. The summed E-state index contributed by atoms with van der Waals surface area (Å²) < 4.78 is 20.4. The van der Waals surface area contributed by atoms with Crippen LogP contribution in [0.25, 0.3) is 16.9 Å². The van der Waals surface area contributed by atoms with Gasteiger partial charge in [-0.1, -0.05) is 0 Å². The summed E-state index contributed by atoms with van der Waals surface area (Å²) in [5.74, 6) is -0.370. The minimum absolute atomic E-state index is 0.0351. The summed E-state index contributed by atoms with van der Waals surface area (Å²) in [5, 5.41) is 10.3. The number of rotatable bonds is 4. The van der Waals surface area contributed by atoms with Crippen molar-refractivity contribution in [3.05, 3.63) is 58.8 Å². The molecular formula is C21H23FN4O3. The first-order valence-corrected chi connectivity index (χ1v) is 9.34. The molecule has 0 aliphatic carbocycles. The average molecular weight is 398 g/mol. The van der Waals surface area contributed by atoms with Gasteiger partial charge in [0, 0.05) is 30.9 Å². The van der Waals surface area contributed by atoms with Crippen LogP contribution in [-0.4, -0.2) is 65.8 Å². The molecule has 1 aromatic carbocycles. The number of aliphatic hydroxyl groups is 1. The van der Waals surface area contributed by atoms with Crippen LogP contribution in [0.1, 0.15) is 0 Å². The van der Waals surface area contributed by atoms with Crippen LogP contribution in [0.2, 0.25) is 0 Å². The molecule has 29 heavy (non-hydrogen) atoms. The van der Waals surface area contributed by atoms with Crippen molar-refractivity contribution in [2.45, 2.75) is 12.1 Å². The molecule has 1 N–H and O–H groups in total. The topological polar surface area (TPSA) is 70.3 Å². The van der Waals surface area contributed by atoms with E-state index >= 15 is 0 Å². The minimum Gasteiger partial charge on any atom is -0.494 e. The Hall–Kier alpha value is -2.97. The molecule has 0 saturated carbocycles. The summed E-state index contributed by atoms with van der Waals surface area (Å²) in [4.78, 5) is 21.3. The highest BCUT2D eigenvalue weighted by molar-refractivity contribution is 5.63. The van der Waals surface area contributed by atoms with Crippen LogP contribution >= 0.6 is 0 Å². The monoisotopic (exact) mass is 398 g/mol. The normalized spacial score (nSPS) is 19.3. The summed E-state index contributed by atoms with van der Waals surface area (Å²) in [7, 11) is 5.28. The first-order valence-electron chi connectivity index (χ1n) is 9.34. The number of likely N-dealkylation sites (N-methyl/N-ethyl adjacent to an activating group) is 1. The molecule has 1 fully saturated rings. The highest BCUT2D eigenvalue weighted by atomic mass is 19.1. The highest BCUT2D eigenvalue weighted by Gasteiger charge is 2.33. The van der Waals surface area contributed by atoms with Crippen molar-refractivity contribution < 1.29 is 14.2 Å². The Kier molecular flexibility index (Phi) is 4.97. The molecule has 3 heterocycles. The van der Waals surface area contributed by atoms with Crippen molar-refractivity contribution in [3.63, 3.8) is 0 Å². The van der Waals surface area contributed by atoms with E-state index in [4.69, 9.17) is 4.74 Å². The lowest BCUT2D eigenvalue weighted by atomic mass is 10.1. The fourth-order valence-electron chi connectivity index (χ4n) is 3.74. The standard InChI is InChI=1S/C21H23FN4O3/c1-24(2)17-11-25(12-18(17)27)14-5-7-20-23-16(9-21(28)26(20)10-14)13-4-6-19(29-3)15(22)8-13/h4-10,17-18,27H,11-12H2,1-3H3/t17-,18-/m1/s1. The predicted molar refractivity (Wildman–Crippen MR) is 109 cm³/mol. The second-order valence-corrected chi connectivity index (χ2v) is 7.45. The molecule has 152 valence electrons. The van der Waals surface area contributed by atoms with Gasteiger partial charge < -0.3 is 19.6 Å². The maximum Gasteiger partial charge on any atom is 0.258 e. The third-order valence-electron chi connectivity index (χ3n) is 5.38. The van der Waals surface area contributed by atoms with Gasteiger partial charge in [-0.15, -0.1) is 0 Å². The molecule has 0 bridgehead atoms. The molecule has 8 heteroatoms. The van der Waals surface area contributed by atoms with Crippen molar-refractivity contribution in [2.75, 3.05) is 39.2 Å². The second-order valence-electron chi connectivity index (χ2n) is 7.45. The van der Waals surface area contributed by atoms with Crippen LogP contribution in [0.5, 0.6) is 5.75 Å². The third-order valence-corrected chi connectivity index (χ3v) is 5.38. The number of benzene rings is 1. The van der Waals surface area contributed by atoms with Gasteiger partial charge in [0.1, 0.15) is 5.65 Å². The van der Waals surface area contributed by atoms with Crippen LogP contribution in [0.3, 0.4) is 0 Å². The van der Waals surface area contributed by atoms with Gasteiger partial charge in [-0.3, -0.25) is 9.20 Å². The van der Waals surface area contributed by atoms with E-state index in [1.807, 2.05) is 30.0 Å². The lowest BCUT2D eigenvalue weighted by molar-refractivity contribution is 0.114. The molecule has 0 amide bonds. The maximum absolute atomic E-state index is 14.0. The number of pyridine rings is 1. The quantitative estimate of drug-likeness (QED) is 0.720. The van der Waals surface area contributed by atoms with Gasteiger partial charge in [0.05, 0.1) is 30.6 Å². The van der Waals surface area contributed by atoms with Gasteiger partial charge in [-0.25, -0.2) is 9.37 Å². The Morgan fingerprint density at radius 1 is 1.21 bits per heavy atom. The van der Waals surface area contributed by atoms with Crippen LogP contribution < -0.4 is 15.2 Å². The number of anilines is 1. The molecule has 0 unspecified atom stereocenters. The molecule has 0 spiro atoms. The number of aromatic nitrogens is 2. The Morgan fingerprint density at radius 3 is 2.66 bits per heavy atom. The van der Waals surface area contributed by atoms with Gasteiger partial charge in [-0.2, -0.15) is 0 Å². The second kappa shape index (κ2) is 7.46. The van der Waals surface area contributed by atoms with Gasteiger partial charge in [0.2, 0.25) is 0 Å². The van der Waals surface area contributed by atoms with Crippen molar-refractivity contribution in [2.24, 2.45) is 0 Å². The molecule has 2 atom stereocenters. The maximum atomic E-state index is 14.0. The Bertz CT molecular complexity index is 1110. The molecule has 0 radical (unpaired) electrons. The molecule has 4 rings (SSSR count). The van der Waals surface area contributed by atoms with E-state index in [-0.39, 0.29) is 17.4 Å². The smallest absolute Gasteiger partial charge is 0.258 e. The van der Waals surface area contributed by atoms with Crippen LogP contribution in [0.15, 0.2) is 47.4 Å². The van der Waals surface area contributed by atoms with E-state index in [9.17, 15) is 14.3 Å². The zero-order valence-corrected chi connectivity index (χ0v) is 16.5. The van der Waals surface area contributed by atoms with Crippen molar-refractivity contribution in [3.8, 4) is 17.0 Å². The van der Waals surface area contributed by atoms with Crippen LogP contribution in [0, 0.1) is 5.82 Å². The third kappa shape index (κ3) is 3.56. The SMILES string of the molecule is COc1ccc(-c2cc(=O)n3cc(N4C[C@@H](O)[C@H](N(C)C)C4)ccc3n2)cc1F. The predicted octanol–water partition coefficient (Wildman–Crippen LogP) is 1.62. The van der Waals surface area contributed by atoms with E-state index in [0.717, 1.165) is 5.69 Å². The van der Waals surface area contributed by atoms with E-state index in [0.29, 0.717) is 30.0 Å². The van der Waals surface area contributed by atoms with E-state index in [2.05, 4.69) is 4.98 Å². The van der Waals surface area contributed by atoms with Gasteiger partial charge in [0.25, 0.3) is 5.56 Å². The van der Waals surface area contributed by atoms with Crippen LogP contribution in [0.4, 0.5) is 10.1 Å². The van der Waals surface area contributed by atoms with E-state index in [1.54, 1.807) is 18.3 Å². The molecule has 1 aliphatic heterocycles. The lowest BCUT2D eigenvalue weighted by Crippen LogP contribution is -2.38. The Labute approximate surface area is 167 Å². The molecule has 2 aromatic heterocycles. The molecular weight excluding hydrogens is 375 g/mol. The Balaban J connectivity index is 1.69. The van der Waals surface area contributed by atoms with Crippen LogP contribution in [-0.2, 0) is 0 Å². The summed E-state index contributed by atoms with van der Waals surface area (Å²) >= 11 is 0. The highest BCUT2D eigenvalue weighted by Crippen LogP contribution is 2.25. The summed E-state index contributed by atoms with van der Waals surface area (Å²) in [6.07, 6.45) is 1.27. The number of halogens is 1. The number of fused-ring (bicyclic) bond motifs is 1. The number of methoxy groups -OCH3 is 1. The van der Waals surface area contributed by atoms with Crippen molar-refractivity contribution in [1.82, 2.24) is 14.3 Å². The fraction of sp³-hybridized carbons (Fsp3) is 0.333. The zero-order chi connectivity index (χ0) is 20.7. The molecule has 1 aliphatic rings. The fourth-order valence-corrected chi connectivity index (χ4v) is 3.74. The summed E-state index contributed by atoms with van der Waals surface area (Å²) in [6.45, 7) is 1.17. The number of aliphatic hydroxyl groups excluding tert-OH is 1. The molecule has 7 nitrogen and oxygen atoms in total. The number of nitrogens with zero attached hydrogens (tertiary/aromatic N) is 4. The van der Waals surface area contributed by atoms with Crippen molar-refractivity contribution >= 4 is 11.3 Å². The zero-order valence-electron chi connectivity index (χ0n) is 16.5. The van der Waals surface area contributed by atoms with E-state index in [1.165, 1.54) is 29.7 Å². The van der Waals surface area contributed by atoms with Gasteiger partial charge >= 0.3 is 0 Å². The molecule has 3 aromatic rings. The minimum atomic E-state index is -0.509. The lowest BCUT2D eigenvalue weighted by Gasteiger charge is -2.22. The largest absolute Gasteiger partial charge is 0.494 e. The first kappa shape index (κ1) is 19.4. The number of hydrogen-bond donors (Lipinski definition) is 1. The van der Waals surface area contributed by atoms with Crippen molar-refractivity contribution in [1.29, 1.82) is 0 Å². The number of hydrogen-bond acceptors (Lipinski definition) is 6. The van der Waals surface area contributed by atoms with Gasteiger partial charge in [0.15, 0.2) is 11.6 Å². The average Bonchev–Trinajstić information content (AvgIpc) is 3.09. The Morgan fingerprint density at radius 2 is 2.00 bits per heavy atom. The van der Waals surface area contributed by atoms with E-state index < -0.39 is 11.9 Å². The summed E-state index contributed by atoms with van der Waals surface area (Å²) in [6, 6.07) is 9.55. The summed E-state index contributed by atoms with van der Waals surface area (Å²) in [5.41, 5.74) is 1.95. The number of ether oxygens (including phenoxy) is 1.